The molecule has 0 bridgehead atoms. The van der Waals surface area contributed by atoms with Gasteiger partial charge in [-0.2, -0.15) is 5.21 Å². The second-order valence-electron chi connectivity index (χ2n) is 4.93. The molecule has 0 radical (unpaired) electrons. The van der Waals surface area contributed by atoms with Crippen LogP contribution in [0.25, 0.3) is 11.3 Å². The molecule has 2 aromatic heterocycles. The van der Waals surface area contributed by atoms with Crippen LogP contribution in [0.3, 0.4) is 0 Å². The maximum absolute atomic E-state index is 12.5. The van der Waals surface area contributed by atoms with Gasteiger partial charge < -0.3 is 9.73 Å². The van der Waals surface area contributed by atoms with Crippen LogP contribution in [0.1, 0.15) is 34.9 Å². The van der Waals surface area contributed by atoms with Crippen LogP contribution in [0.15, 0.2) is 40.8 Å². The standard InChI is InChI=1S/C15H15N5O2/c1-9-8-12(13(22-9)11-6-4-3-5-7-11)15(21)16-10(2)14-17-19-20-18-14/h3-8,10H,1-2H3,(H,16,21)(H,17,18,19,20). The summed E-state index contributed by atoms with van der Waals surface area (Å²) in [6.07, 6.45) is 0. The van der Waals surface area contributed by atoms with Crippen molar-refractivity contribution < 1.29 is 9.21 Å². The van der Waals surface area contributed by atoms with Gasteiger partial charge in [0.05, 0.1) is 11.6 Å². The van der Waals surface area contributed by atoms with Gasteiger partial charge in [-0.15, -0.1) is 10.2 Å². The Balaban J connectivity index is 1.87. The van der Waals surface area contributed by atoms with Gasteiger partial charge in [0, 0.05) is 5.56 Å². The van der Waals surface area contributed by atoms with Gasteiger partial charge in [-0.05, 0) is 19.9 Å². The highest BCUT2D eigenvalue weighted by Crippen LogP contribution is 2.27. The van der Waals surface area contributed by atoms with Crippen LogP contribution in [0.4, 0.5) is 0 Å². The second kappa shape index (κ2) is 5.80. The normalized spacial score (nSPS) is 12.1. The third kappa shape index (κ3) is 2.73. The number of benzene rings is 1. The van der Waals surface area contributed by atoms with E-state index in [4.69, 9.17) is 4.42 Å². The number of rotatable bonds is 4. The van der Waals surface area contributed by atoms with E-state index in [1.807, 2.05) is 37.3 Å². The molecule has 0 aliphatic heterocycles. The van der Waals surface area contributed by atoms with Crippen LogP contribution in [0.5, 0.6) is 0 Å². The summed E-state index contributed by atoms with van der Waals surface area (Å²) in [5.41, 5.74) is 1.34. The van der Waals surface area contributed by atoms with E-state index in [-0.39, 0.29) is 11.9 Å². The first kappa shape index (κ1) is 14.0. The van der Waals surface area contributed by atoms with Gasteiger partial charge in [-0.25, -0.2) is 0 Å². The van der Waals surface area contributed by atoms with Gasteiger partial charge in [-0.3, -0.25) is 4.79 Å². The predicted octanol–water partition coefficient (Wildman–Crippen LogP) is 2.26. The summed E-state index contributed by atoms with van der Waals surface area (Å²) in [5, 5.41) is 16.4. The second-order valence-corrected chi connectivity index (χ2v) is 4.93. The zero-order valence-corrected chi connectivity index (χ0v) is 12.2. The molecule has 0 aliphatic rings. The predicted molar refractivity (Wildman–Crippen MR) is 78.9 cm³/mol. The molecule has 0 saturated carbocycles. The van der Waals surface area contributed by atoms with Crippen LogP contribution in [-0.2, 0) is 0 Å². The Morgan fingerprint density at radius 3 is 2.77 bits per heavy atom. The van der Waals surface area contributed by atoms with E-state index in [9.17, 15) is 4.79 Å². The maximum atomic E-state index is 12.5. The minimum Gasteiger partial charge on any atom is -0.461 e. The first-order valence-corrected chi connectivity index (χ1v) is 6.85. The summed E-state index contributed by atoms with van der Waals surface area (Å²) in [7, 11) is 0. The van der Waals surface area contributed by atoms with Gasteiger partial charge in [0.1, 0.15) is 11.5 Å². The number of hydrogen-bond donors (Lipinski definition) is 2. The van der Waals surface area contributed by atoms with Crippen molar-refractivity contribution >= 4 is 5.91 Å². The molecule has 1 unspecified atom stereocenters. The number of amides is 1. The molecule has 0 spiro atoms. The van der Waals surface area contributed by atoms with E-state index >= 15 is 0 Å². The number of aromatic nitrogens is 4. The molecule has 0 aliphatic carbocycles. The van der Waals surface area contributed by atoms with Crippen molar-refractivity contribution in [3.8, 4) is 11.3 Å². The van der Waals surface area contributed by atoms with Crippen molar-refractivity contribution in [2.45, 2.75) is 19.9 Å². The molecule has 3 rings (SSSR count). The maximum Gasteiger partial charge on any atom is 0.255 e. The zero-order valence-electron chi connectivity index (χ0n) is 12.2. The molecule has 0 saturated heterocycles. The summed E-state index contributed by atoms with van der Waals surface area (Å²) in [6, 6.07) is 10.9. The number of H-pyrrole nitrogens is 1. The lowest BCUT2D eigenvalue weighted by atomic mass is 10.1. The van der Waals surface area contributed by atoms with Crippen LogP contribution in [-0.4, -0.2) is 26.5 Å². The van der Waals surface area contributed by atoms with E-state index < -0.39 is 0 Å². The van der Waals surface area contributed by atoms with Crippen LogP contribution < -0.4 is 5.32 Å². The SMILES string of the molecule is Cc1cc(C(=O)NC(C)c2nn[nH]n2)c(-c2ccccc2)o1. The zero-order chi connectivity index (χ0) is 15.5. The number of carbonyl (C=O) groups is 1. The summed E-state index contributed by atoms with van der Waals surface area (Å²) in [5.74, 6) is 1.41. The quantitative estimate of drug-likeness (QED) is 0.770. The highest BCUT2D eigenvalue weighted by Gasteiger charge is 2.21. The highest BCUT2D eigenvalue weighted by atomic mass is 16.3. The molecule has 1 atom stereocenters. The average Bonchev–Trinajstić information content (AvgIpc) is 3.17. The molecule has 112 valence electrons. The Bertz CT molecular complexity index is 765. The van der Waals surface area contributed by atoms with Crippen molar-refractivity contribution in [2.24, 2.45) is 0 Å². The fraction of sp³-hybridized carbons (Fsp3) is 0.200. The Morgan fingerprint density at radius 1 is 1.32 bits per heavy atom. The number of furan rings is 1. The van der Waals surface area contributed by atoms with Gasteiger partial charge in [0.2, 0.25) is 0 Å². The van der Waals surface area contributed by atoms with Gasteiger partial charge in [-0.1, -0.05) is 35.5 Å². The lowest BCUT2D eigenvalue weighted by molar-refractivity contribution is 0.0938. The van der Waals surface area contributed by atoms with Crippen molar-refractivity contribution in [1.82, 2.24) is 25.9 Å². The smallest absolute Gasteiger partial charge is 0.255 e. The third-order valence-corrected chi connectivity index (χ3v) is 3.23. The summed E-state index contributed by atoms with van der Waals surface area (Å²) < 4.78 is 5.68. The van der Waals surface area contributed by atoms with Crippen LogP contribution in [0.2, 0.25) is 0 Å². The summed E-state index contributed by atoms with van der Waals surface area (Å²) in [6.45, 7) is 3.60. The third-order valence-electron chi connectivity index (χ3n) is 3.23. The average molecular weight is 297 g/mol. The van der Waals surface area contributed by atoms with Crippen molar-refractivity contribution in [2.75, 3.05) is 0 Å². The minimum absolute atomic E-state index is 0.243. The lowest BCUT2D eigenvalue weighted by Crippen LogP contribution is -2.27. The van der Waals surface area contributed by atoms with E-state index in [1.165, 1.54) is 0 Å². The number of aromatic amines is 1. The van der Waals surface area contributed by atoms with Crippen molar-refractivity contribution in [3.63, 3.8) is 0 Å². The largest absolute Gasteiger partial charge is 0.461 e. The molecule has 7 nitrogen and oxygen atoms in total. The minimum atomic E-state index is -0.356. The molecular formula is C15H15N5O2. The molecule has 1 aromatic carbocycles. The number of hydrogen-bond acceptors (Lipinski definition) is 5. The molecule has 1 amide bonds. The fourth-order valence-corrected chi connectivity index (χ4v) is 2.18. The van der Waals surface area contributed by atoms with Crippen LogP contribution >= 0.6 is 0 Å². The van der Waals surface area contributed by atoms with Gasteiger partial charge in [0.25, 0.3) is 5.91 Å². The fourth-order valence-electron chi connectivity index (χ4n) is 2.18. The Kier molecular flexibility index (Phi) is 3.69. The number of nitrogens with zero attached hydrogens (tertiary/aromatic N) is 3. The number of nitrogens with one attached hydrogen (secondary N) is 2. The Labute approximate surface area is 126 Å². The Morgan fingerprint density at radius 2 is 2.09 bits per heavy atom. The summed E-state index contributed by atoms with van der Waals surface area (Å²) in [4.78, 5) is 12.5. The first-order chi connectivity index (χ1) is 10.6. The van der Waals surface area contributed by atoms with Crippen molar-refractivity contribution in [1.29, 1.82) is 0 Å². The molecule has 2 heterocycles. The molecule has 0 fully saturated rings. The highest BCUT2D eigenvalue weighted by molar-refractivity contribution is 6.00. The molecule has 2 N–H and O–H groups in total. The number of tetrazole rings is 1. The topological polar surface area (TPSA) is 96.7 Å². The molecule has 22 heavy (non-hydrogen) atoms. The van der Waals surface area contributed by atoms with E-state index in [2.05, 4.69) is 25.9 Å². The molecular weight excluding hydrogens is 282 g/mol. The van der Waals surface area contributed by atoms with E-state index in [0.29, 0.717) is 22.9 Å². The van der Waals surface area contributed by atoms with Crippen LogP contribution in [0, 0.1) is 6.92 Å². The molecule has 3 aromatic rings. The molecule has 7 heteroatoms. The van der Waals surface area contributed by atoms with Gasteiger partial charge in [0.15, 0.2) is 5.82 Å². The lowest BCUT2D eigenvalue weighted by Gasteiger charge is -2.09. The van der Waals surface area contributed by atoms with Gasteiger partial charge >= 0.3 is 0 Å². The first-order valence-electron chi connectivity index (χ1n) is 6.85. The summed E-state index contributed by atoms with van der Waals surface area (Å²) >= 11 is 0. The van der Waals surface area contributed by atoms with E-state index in [0.717, 1.165) is 5.56 Å². The number of carbonyl (C=O) groups excluding carboxylic acids is 1. The van der Waals surface area contributed by atoms with E-state index in [1.54, 1.807) is 13.0 Å². The monoisotopic (exact) mass is 297 g/mol. The number of aryl methyl sites for hydroxylation is 1. The van der Waals surface area contributed by atoms with Crippen molar-refractivity contribution in [3.05, 3.63) is 53.5 Å². The Hall–Kier alpha value is -2.96.